The molecule has 0 N–H and O–H groups in total. The van der Waals surface area contributed by atoms with Gasteiger partial charge < -0.3 is 9.80 Å². The molecule has 1 saturated heterocycles. The first kappa shape index (κ1) is 32.6. The number of piperazine rings is 1. The second kappa shape index (κ2) is 15.9. The molecular weight excluding hydrogens is 502 g/mol. The quantitative estimate of drug-likeness (QED) is 0.162. The van der Waals surface area contributed by atoms with E-state index in [1.807, 2.05) is 7.05 Å². The molecule has 41 heavy (non-hydrogen) atoms. The number of likely N-dealkylation sites (N-methyl/N-ethyl adjacent to an activating group) is 1. The molecular formula is C36H55N5. The van der Waals surface area contributed by atoms with Gasteiger partial charge in [-0.2, -0.15) is 0 Å². The van der Waals surface area contributed by atoms with Gasteiger partial charge in [0.2, 0.25) is 0 Å². The predicted octanol–water partition coefficient (Wildman–Crippen LogP) is 8.44. The number of nitrogens with zero attached hydrogens (tertiary/aromatic N) is 5. The fraction of sp³-hybridized carbons (Fsp3) is 0.556. The highest BCUT2D eigenvalue weighted by Crippen LogP contribution is 2.35. The Morgan fingerprint density at radius 3 is 2.37 bits per heavy atom. The van der Waals surface area contributed by atoms with Crippen LogP contribution in [0, 0.1) is 5.92 Å². The summed E-state index contributed by atoms with van der Waals surface area (Å²) in [5, 5.41) is 0. The van der Waals surface area contributed by atoms with E-state index in [4.69, 9.17) is 4.99 Å². The molecule has 224 valence electrons. The molecule has 3 aliphatic heterocycles. The number of hydrogen-bond acceptors (Lipinski definition) is 5. The van der Waals surface area contributed by atoms with Crippen LogP contribution in [0.25, 0.3) is 0 Å². The van der Waals surface area contributed by atoms with Gasteiger partial charge in [0.05, 0.1) is 17.1 Å². The zero-order valence-corrected chi connectivity index (χ0v) is 27.3. The third-order valence-electron chi connectivity index (χ3n) is 8.85. The van der Waals surface area contributed by atoms with Crippen LogP contribution in [0.2, 0.25) is 0 Å². The smallest absolute Gasteiger partial charge is 0.137 e. The maximum atomic E-state index is 5.00. The first-order valence-electron chi connectivity index (χ1n) is 15.9. The summed E-state index contributed by atoms with van der Waals surface area (Å²) in [5.74, 6) is 1.76. The van der Waals surface area contributed by atoms with Crippen molar-refractivity contribution < 1.29 is 0 Å². The van der Waals surface area contributed by atoms with Crippen LogP contribution in [-0.2, 0) is 0 Å². The maximum absolute atomic E-state index is 5.00. The Kier molecular flexibility index (Phi) is 12.6. The molecule has 3 heterocycles. The standard InChI is InChI=1S/C26H35N5.C10H20/c1-6-19(2)20(3)16-23(27-4)24-17-25(21-8-7-9-21)31-18-22(10-11-26(31)28-24)30-14-12-29(5)13-15-30;1-5-7-8-10(4)9(3)6-2/h10-11,16-18H,2,6-9,12-15H2,1,3-5H3;8-9H,5-7H2,1-4H3/b20-16+,27-23?;10-8-. The second-order valence-electron chi connectivity index (χ2n) is 11.8. The minimum absolute atomic E-state index is 0.784. The van der Waals surface area contributed by atoms with Crippen LogP contribution in [0.3, 0.4) is 0 Å². The zero-order chi connectivity index (χ0) is 29.9. The van der Waals surface area contributed by atoms with Crippen molar-refractivity contribution >= 4 is 11.5 Å². The molecule has 5 nitrogen and oxygen atoms in total. The Balaban J connectivity index is 0.000000397. The van der Waals surface area contributed by atoms with Gasteiger partial charge in [-0.25, -0.2) is 4.99 Å². The molecule has 4 aliphatic rings. The number of aliphatic imine (C=N–C) groups is 2. The van der Waals surface area contributed by atoms with Crippen molar-refractivity contribution in [2.45, 2.75) is 86.5 Å². The van der Waals surface area contributed by atoms with Crippen LogP contribution in [-0.4, -0.2) is 66.5 Å². The second-order valence-corrected chi connectivity index (χ2v) is 11.8. The van der Waals surface area contributed by atoms with Crippen LogP contribution in [0.4, 0.5) is 0 Å². The van der Waals surface area contributed by atoms with E-state index in [2.05, 4.69) is 111 Å². The molecule has 4 rings (SSSR count). The Bertz CT molecular complexity index is 1170. The average Bonchev–Trinajstić information content (AvgIpc) is 2.97. The van der Waals surface area contributed by atoms with Crippen molar-refractivity contribution in [2.75, 3.05) is 40.3 Å². The average molecular weight is 558 g/mol. The summed E-state index contributed by atoms with van der Waals surface area (Å²) in [6.07, 6.45) is 21.7. The highest BCUT2D eigenvalue weighted by molar-refractivity contribution is 6.12. The molecule has 1 unspecified atom stereocenters. The minimum Gasteiger partial charge on any atom is -0.368 e. The summed E-state index contributed by atoms with van der Waals surface area (Å²) >= 11 is 0. The summed E-state index contributed by atoms with van der Waals surface area (Å²) in [4.78, 5) is 16.7. The highest BCUT2D eigenvalue weighted by atomic mass is 15.3. The van der Waals surface area contributed by atoms with E-state index in [-0.39, 0.29) is 0 Å². The van der Waals surface area contributed by atoms with E-state index in [1.54, 1.807) is 5.57 Å². The van der Waals surface area contributed by atoms with Crippen molar-refractivity contribution in [1.82, 2.24) is 14.7 Å². The highest BCUT2D eigenvalue weighted by Gasteiger charge is 2.28. The van der Waals surface area contributed by atoms with Crippen molar-refractivity contribution in [3.63, 3.8) is 0 Å². The number of amidine groups is 1. The van der Waals surface area contributed by atoms with E-state index in [9.17, 15) is 0 Å². The Morgan fingerprint density at radius 2 is 1.80 bits per heavy atom. The lowest BCUT2D eigenvalue weighted by molar-refractivity contribution is 0.188. The minimum atomic E-state index is 0.784. The molecule has 2 fully saturated rings. The molecule has 0 aromatic heterocycles. The van der Waals surface area contributed by atoms with Crippen LogP contribution in [0.1, 0.15) is 86.5 Å². The fourth-order valence-corrected chi connectivity index (χ4v) is 5.12. The molecule has 0 amide bonds. The van der Waals surface area contributed by atoms with Crippen molar-refractivity contribution in [1.29, 1.82) is 0 Å². The maximum Gasteiger partial charge on any atom is 0.137 e. The van der Waals surface area contributed by atoms with Gasteiger partial charge >= 0.3 is 0 Å². The van der Waals surface area contributed by atoms with Crippen LogP contribution >= 0.6 is 0 Å². The normalized spacial score (nSPS) is 20.9. The number of allylic oxidation sites excluding steroid dienone is 8. The van der Waals surface area contributed by atoms with E-state index in [1.165, 1.54) is 61.1 Å². The summed E-state index contributed by atoms with van der Waals surface area (Å²) in [5.41, 5.74) is 9.80. The van der Waals surface area contributed by atoms with Crippen molar-refractivity contribution in [2.24, 2.45) is 15.9 Å². The molecule has 0 radical (unpaired) electrons. The van der Waals surface area contributed by atoms with Crippen LogP contribution in [0.5, 0.6) is 0 Å². The first-order chi connectivity index (χ1) is 19.7. The van der Waals surface area contributed by atoms with Gasteiger partial charge in [0.25, 0.3) is 0 Å². The molecule has 0 spiro atoms. The van der Waals surface area contributed by atoms with Gasteiger partial charge in [-0.05, 0) is 101 Å². The lowest BCUT2D eigenvalue weighted by Crippen LogP contribution is -2.44. The van der Waals surface area contributed by atoms with Crippen molar-refractivity contribution in [3.05, 3.63) is 82.5 Å². The largest absolute Gasteiger partial charge is 0.368 e. The molecule has 0 bridgehead atoms. The molecule has 1 saturated carbocycles. The number of hydrogen-bond donors (Lipinski definition) is 0. The topological polar surface area (TPSA) is 34.4 Å². The Morgan fingerprint density at radius 1 is 1.10 bits per heavy atom. The van der Waals surface area contributed by atoms with Gasteiger partial charge in [-0.1, -0.05) is 57.9 Å². The van der Waals surface area contributed by atoms with Crippen molar-refractivity contribution in [3.8, 4) is 0 Å². The monoisotopic (exact) mass is 557 g/mol. The van der Waals surface area contributed by atoms with E-state index in [0.717, 1.165) is 61.3 Å². The molecule has 1 atom stereocenters. The van der Waals surface area contributed by atoms with E-state index < -0.39 is 0 Å². The molecule has 0 aromatic carbocycles. The first-order valence-corrected chi connectivity index (χ1v) is 15.9. The Hall–Kier alpha value is -2.92. The number of fused-ring (bicyclic) bond motifs is 1. The summed E-state index contributed by atoms with van der Waals surface area (Å²) < 4.78 is 0. The van der Waals surface area contributed by atoms with Crippen LogP contribution in [0.15, 0.2) is 92.5 Å². The fourth-order valence-electron chi connectivity index (χ4n) is 5.12. The third kappa shape index (κ3) is 8.78. The van der Waals surface area contributed by atoms with Gasteiger partial charge in [0.1, 0.15) is 5.84 Å². The van der Waals surface area contributed by atoms with Gasteiger partial charge in [0.15, 0.2) is 0 Å². The Labute approximate surface area is 251 Å². The third-order valence-corrected chi connectivity index (χ3v) is 8.85. The molecule has 0 aromatic rings. The van der Waals surface area contributed by atoms with E-state index >= 15 is 0 Å². The lowest BCUT2D eigenvalue weighted by Gasteiger charge is -2.38. The summed E-state index contributed by atoms with van der Waals surface area (Å²) in [6.45, 7) is 21.8. The number of unbranched alkanes of at least 4 members (excludes halogenated alkanes) is 1. The summed E-state index contributed by atoms with van der Waals surface area (Å²) in [6, 6.07) is 0. The summed E-state index contributed by atoms with van der Waals surface area (Å²) in [7, 11) is 4.04. The van der Waals surface area contributed by atoms with E-state index in [0.29, 0.717) is 0 Å². The lowest BCUT2D eigenvalue weighted by atomic mass is 9.89. The van der Waals surface area contributed by atoms with Gasteiger partial charge in [-0.15, -0.1) is 0 Å². The van der Waals surface area contributed by atoms with Gasteiger partial charge in [-0.3, -0.25) is 9.89 Å². The predicted molar refractivity (Wildman–Crippen MR) is 179 cm³/mol. The number of rotatable bonds is 9. The molecule has 5 heteroatoms. The van der Waals surface area contributed by atoms with Gasteiger partial charge in [0, 0.05) is 45.1 Å². The molecule has 1 aliphatic carbocycles. The SMILES string of the molecule is C=C(CC)/C(C)=C/C(=NC)C1=CC(=C2CCC2)N2C=C(N3CCN(C)CC3)C=CC2=N1.CCC/C=C(/C)C(C)CC. The van der Waals surface area contributed by atoms with Crippen LogP contribution < -0.4 is 0 Å². The zero-order valence-electron chi connectivity index (χ0n) is 27.3.